The van der Waals surface area contributed by atoms with Gasteiger partial charge in [0.05, 0.1) is 6.61 Å². The predicted molar refractivity (Wildman–Crippen MR) is 34.9 cm³/mol. The second-order valence-corrected chi connectivity index (χ2v) is 2.68. The third-order valence-corrected chi connectivity index (χ3v) is 1.80. The molecule has 1 aliphatic heterocycles. The van der Waals surface area contributed by atoms with Crippen LogP contribution in [0, 0.1) is 0 Å². The Hall–Kier alpha value is -0.270. The SMILES string of the molecule is OC[C@H](O)[C@H]1O[C@H](O)[C@H](O)[C@H]1F. The van der Waals surface area contributed by atoms with E-state index in [2.05, 4.69) is 4.74 Å². The third-order valence-electron chi connectivity index (χ3n) is 1.80. The average Bonchev–Trinajstić information content (AvgIpc) is 2.32. The summed E-state index contributed by atoms with van der Waals surface area (Å²) < 4.78 is 17.3. The van der Waals surface area contributed by atoms with E-state index in [4.69, 9.17) is 20.4 Å². The van der Waals surface area contributed by atoms with Crippen molar-refractivity contribution in [2.24, 2.45) is 0 Å². The van der Waals surface area contributed by atoms with Gasteiger partial charge in [-0.05, 0) is 0 Å². The van der Waals surface area contributed by atoms with Gasteiger partial charge in [-0.25, -0.2) is 4.39 Å². The smallest absolute Gasteiger partial charge is 0.184 e. The molecule has 0 radical (unpaired) electrons. The number of aliphatic hydroxyl groups is 4. The second-order valence-electron chi connectivity index (χ2n) is 2.68. The summed E-state index contributed by atoms with van der Waals surface area (Å²) in [4.78, 5) is 0. The van der Waals surface area contributed by atoms with E-state index in [0.29, 0.717) is 0 Å². The number of aliphatic hydroxyl groups excluding tert-OH is 4. The lowest BCUT2D eigenvalue weighted by molar-refractivity contribution is -0.149. The number of halogens is 1. The van der Waals surface area contributed by atoms with Crippen LogP contribution in [-0.4, -0.2) is 57.8 Å². The Morgan fingerprint density at radius 2 is 2.00 bits per heavy atom. The minimum absolute atomic E-state index is 0.676. The lowest BCUT2D eigenvalue weighted by Gasteiger charge is -2.16. The first-order valence-electron chi connectivity index (χ1n) is 3.52. The average molecular weight is 182 g/mol. The number of rotatable bonds is 2. The monoisotopic (exact) mass is 182 g/mol. The summed E-state index contributed by atoms with van der Waals surface area (Å²) in [6.45, 7) is -0.676. The van der Waals surface area contributed by atoms with Gasteiger partial charge in [0.1, 0.15) is 18.3 Å². The molecule has 0 aromatic carbocycles. The largest absolute Gasteiger partial charge is 0.394 e. The molecule has 4 N–H and O–H groups in total. The van der Waals surface area contributed by atoms with Crippen LogP contribution in [0.2, 0.25) is 0 Å². The van der Waals surface area contributed by atoms with Crippen LogP contribution in [0.15, 0.2) is 0 Å². The van der Waals surface area contributed by atoms with Crippen molar-refractivity contribution in [1.29, 1.82) is 0 Å². The highest BCUT2D eigenvalue weighted by atomic mass is 19.1. The highest BCUT2D eigenvalue weighted by molar-refractivity contribution is 4.90. The molecule has 1 aliphatic rings. The van der Waals surface area contributed by atoms with E-state index < -0.39 is 37.4 Å². The summed E-state index contributed by atoms with van der Waals surface area (Å²) in [6, 6.07) is 0. The van der Waals surface area contributed by atoms with Crippen molar-refractivity contribution in [3.63, 3.8) is 0 Å². The van der Waals surface area contributed by atoms with Crippen LogP contribution in [0.25, 0.3) is 0 Å². The molecule has 0 aromatic rings. The van der Waals surface area contributed by atoms with Crippen molar-refractivity contribution >= 4 is 0 Å². The van der Waals surface area contributed by atoms with E-state index in [9.17, 15) is 4.39 Å². The van der Waals surface area contributed by atoms with Crippen molar-refractivity contribution in [2.75, 3.05) is 6.61 Å². The van der Waals surface area contributed by atoms with Crippen LogP contribution in [-0.2, 0) is 4.74 Å². The molecular formula is C6H11FO5. The fourth-order valence-electron chi connectivity index (χ4n) is 1.07. The standard InChI is InChI=1S/C6H11FO5/c7-3-4(10)6(11)12-5(3)2(9)1-8/h2-6,8-11H,1H2/t2-,3+,4+,5+,6-/m0/s1. The summed E-state index contributed by atoms with van der Waals surface area (Å²) in [7, 11) is 0. The first kappa shape index (κ1) is 9.82. The summed E-state index contributed by atoms with van der Waals surface area (Å²) in [5.41, 5.74) is 0. The Morgan fingerprint density at radius 3 is 2.33 bits per heavy atom. The van der Waals surface area contributed by atoms with E-state index in [1.165, 1.54) is 0 Å². The molecule has 0 bridgehead atoms. The van der Waals surface area contributed by atoms with E-state index in [1.807, 2.05) is 0 Å². The van der Waals surface area contributed by atoms with Crippen molar-refractivity contribution in [1.82, 2.24) is 0 Å². The molecule has 1 rings (SSSR count). The molecule has 0 spiro atoms. The number of hydrogen-bond acceptors (Lipinski definition) is 5. The molecule has 1 fully saturated rings. The highest BCUT2D eigenvalue weighted by Crippen LogP contribution is 2.24. The van der Waals surface area contributed by atoms with Gasteiger partial charge in [0.25, 0.3) is 0 Å². The Bertz CT molecular complexity index is 155. The molecule has 0 aliphatic carbocycles. The van der Waals surface area contributed by atoms with Gasteiger partial charge < -0.3 is 25.2 Å². The van der Waals surface area contributed by atoms with Crippen molar-refractivity contribution in [3.8, 4) is 0 Å². The minimum Gasteiger partial charge on any atom is -0.394 e. The number of ether oxygens (including phenoxy) is 1. The predicted octanol–water partition coefficient (Wildman–Crippen LogP) is -2.24. The Morgan fingerprint density at radius 1 is 1.42 bits per heavy atom. The minimum atomic E-state index is -1.87. The maximum Gasteiger partial charge on any atom is 0.184 e. The van der Waals surface area contributed by atoms with Gasteiger partial charge in [0.2, 0.25) is 0 Å². The number of hydrogen-bond donors (Lipinski definition) is 4. The van der Waals surface area contributed by atoms with Crippen molar-refractivity contribution in [3.05, 3.63) is 0 Å². The van der Waals surface area contributed by atoms with Crippen LogP contribution < -0.4 is 0 Å². The molecule has 0 saturated carbocycles. The van der Waals surface area contributed by atoms with Gasteiger partial charge in [-0.1, -0.05) is 0 Å². The van der Waals surface area contributed by atoms with E-state index in [1.54, 1.807) is 0 Å². The molecule has 1 saturated heterocycles. The topological polar surface area (TPSA) is 90.2 Å². The molecule has 0 aromatic heterocycles. The zero-order chi connectivity index (χ0) is 9.30. The summed E-state index contributed by atoms with van der Waals surface area (Å²) in [5.74, 6) is 0. The van der Waals surface area contributed by atoms with E-state index >= 15 is 0 Å². The second kappa shape index (κ2) is 3.63. The Kier molecular flexibility index (Phi) is 2.97. The maximum absolute atomic E-state index is 12.9. The van der Waals surface area contributed by atoms with Crippen LogP contribution in [0.4, 0.5) is 4.39 Å². The van der Waals surface area contributed by atoms with Crippen LogP contribution in [0.1, 0.15) is 0 Å². The molecule has 0 amide bonds. The fraction of sp³-hybridized carbons (Fsp3) is 1.00. The highest BCUT2D eigenvalue weighted by Gasteiger charge is 2.46. The zero-order valence-electron chi connectivity index (χ0n) is 6.17. The first-order chi connectivity index (χ1) is 5.57. The maximum atomic E-state index is 12.9. The first-order valence-corrected chi connectivity index (χ1v) is 3.52. The van der Waals surface area contributed by atoms with Crippen LogP contribution in [0.3, 0.4) is 0 Å². The zero-order valence-corrected chi connectivity index (χ0v) is 6.17. The van der Waals surface area contributed by atoms with Gasteiger partial charge in [-0.2, -0.15) is 0 Å². The van der Waals surface area contributed by atoms with Gasteiger partial charge in [-0.15, -0.1) is 0 Å². The summed E-state index contributed by atoms with van der Waals surface area (Å²) in [5, 5.41) is 35.0. The van der Waals surface area contributed by atoms with Gasteiger partial charge in [0, 0.05) is 0 Å². The molecule has 6 heteroatoms. The third kappa shape index (κ3) is 1.57. The van der Waals surface area contributed by atoms with Crippen LogP contribution in [0.5, 0.6) is 0 Å². The van der Waals surface area contributed by atoms with E-state index in [0.717, 1.165) is 0 Å². The molecule has 0 unspecified atom stereocenters. The van der Waals surface area contributed by atoms with Gasteiger partial charge in [0.15, 0.2) is 12.5 Å². The fourth-order valence-corrected chi connectivity index (χ4v) is 1.07. The Balaban J connectivity index is 2.58. The lowest BCUT2D eigenvalue weighted by Crippen LogP contribution is -2.37. The van der Waals surface area contributed by atoms with Crippen LogP contribution >= 0.6 is 0 Å². The normalized spacial score (nSPS) is 44.8. The van der Waals surface area contributed by atoms with Crippen molar-refractivity contribution < 1.29 is 29.6 Å². The molecule has 1 heterocycles. The molecular weight excluding hydrogens is 171 g/mol. The van der Waals surface area contributed by atoms with E-state index in [-0.39, 0.29) is 0 Å². The quantitative estimate of drug-likeness (QED) is 0.387. The Labute approximate surface area is 68.0 Å². The van der Waals surface area contributed by atoms with Gasteiger partial charge in [-0.3, -0.25) is 0 Å². The summed E-state index contributed by atoms with van der Waals surface area (Å²) >= 11 is 0. The molecule has 12 heavy (non-hydrogen) atoms. The summed E-state index contributed by atoms with van der Waals surface area (Å²) in [6.07, 6.45) is -7.95. The number of alkyl halides is 1. The van der Waals surface area contributed by atoms with Gasteiger partial charge >= 0.3 is 0 Å². The molecule has 5 nitrogen and oxygen atoms in total. The lowest BCUT2D eigenvalue weighted by atomic mass is 10.1. The molecule has 5 atom stereocenters. The van der Waals surface area contributed by atoms with Crippen molar-refractivity contribution in [2.45, 2.75) is 30.8 Å². The molecule has 72 valence electrons.